The Morgan fingerprint density at radius 3 is 2.50 bits per heavy atom. The molecule has 0 aliphatic heterocycles. The van der Waals surface area contributed by atoms with Crippen LogP contribution in [0.25, 0.3) is 0 Å². The first-order valence-corrected chi connectivity index (χ1v) is 6.57. The summed E-state index contributed by atoms with van der Waals surface area (Å²) < 4.78 is 0. The molecule has 0 radical (unpaired) electrons. The Morgan fingerprint density at radius 2 is 2.06 bits per heavy atom. The first kappa shape index (κ1) is 13.6. The first-order valence-electron chi connectivity index (χ1n) is 5.76. The molecule has 0 aliphatic rings. The fourth-order valence-electron chi connectivity index (χ4n) is 1.65. The predicted octanol–water partition coefficient (Wildman–Crippen LogP) is 2.54. The quantitative estimate of drug-likeness (QED) is 0.833. The molecule has 1 aromatic rings. The maximum atomic E-state index is 5.94. The van der Waals surface area contributed by atoms with Gasteiger partial charge in [0.25, 0.3) is 0 Å². The van der Waals surface area contributed by atoms with E-state index in [0.29, 0.717) is 6.04 Å². The molecule has 0 fully saturated rings. The van der Waals surface area contributed by atoms with E-state index in [1.807, 2.05) is 0 Å². The van der Waals surface area contributed by atoms with Crippen LogP contribution in [-0.4, -0.2) is 17.1 Å². The molecule has 1 rings (SSSR count). The molecule has 3 nitrogen and oxygen atoms in total. The minimum Gasteiger partial charge on any atom is -0.326 e. The number of nitrogens with two attached hydrogens (primary N) is 1. The minimum absolute atomic E-state index is 0.0919. The molecule has 16 heavy (non-hydrogen) atoms. The van der Waals surface area contributed by atoms with Gasteiger partial charge < -0.3 is 11.1 Å². The zero-order chi connectivity index (χ0) is 12.3. The van der Waals surface area contributed by atoms with Crippen molar-refractivity contribution in [1.82, 2.24) is 10.3 Å². The van der Waals surface area contributed by atoms with Crippen LogP contribution in [0.5, 0.6) is 0 Å². The normalized spacial score (nSPS) is 14.1. The molecular formula is C12H23N3S. The molecule has 0 saturated heterocycles. The van der Waals surface area contributed by atoms with Crippen LogP contribution in [0, 0.1) is 13.8 Å². The van der Waals surface area contributed by atoms with Crippen LogP contribution in [0.3, 0.4) is 0 Å². The van der Waals surface area contributed by atoms with E-state index in [4.69, 9.17) is 5.73 Å². The minimum atomic E-state index is -0.0919. The van der Waals surface area contributed by atoms with E-state index in [-0.39, 0.29) is 5.54 Å². The van der Waals surface area contributed by atoms with Gasteiger partial charge in [-0.2, -0.15) is 0 Å². The zero-order valence-electron chi connectivity index (χ0n) is 10.9. The fraction of sp³-hybridized carbons (Fsp3) is 0.750. The molecule has 92 valence electrons. The van der Waals surface area contributed by atoms with Gasteiger partial charge >= 0.3 is 0 Å². The van der Waals surface area contributed by atoms with Gasteiger partial charge in [0.2, 0.25) is 0 Å². The third-order valence-corrected chi connectivity index (χ3v) is 3.81. The number of nitrogens with zero attached hydrogens (tertiary/aromatic N) is 1. The third kappa shape index (κ3) is 4.20. The Kier molecular flexibility index (Phi) is 4.47. The van der Waals surface area contributed by atoms with Gasteiger partial charge in [0.1, 0.15) is 0 Å². The van der Waals surface area contributed by atoms with Gasteiger partial charge in [-0.05, 0) is 47.6 Å². The highest BCUT2D eigenvalue weighted by Crippen LogP contribution is 2.24. The van der Waals surface area contributed by atoms with Crippen LogP contribution < -0.4 is 11.1 Å². The molecule has 1 atom stereocenters. The van der Waals surface area contributed by atoms with Crippen molar-refractivity contribution in [3.63, 3.8) is 0 Å². The summed E-state index contributed by atoms with van der Waals surface area (Å²) in [5.74, 6) is 0. The fourth-order valence-corrected chi connectivity index (χ4v) is 2.61. The summed E-state index contributed by atoms with van der Waals surface area (Å²) in [4.78, 5) is 5.78. The number of aryl methyl sites for hydroxylation is 2. The summed E-state index contributed by atoms with van der Waals surface area (Å²) in [6, 6.07) is 0.369. The smallest absolute Gasteiger partial charge is 0.0900 e. The lowest BCUT2D eigenvalue weighted by Crippen LogP contribution is -2.36. The second kappa shape index (κ2) is 5.25. The highest BCUT2D eigenvalue weighted by Gasteiger charge is 2.14. The Bertz CT molecular complexity index is 339. The van der Waals surface area contributed by atoms with Gasteiger partial charge in [-0.1, -0.05) is 0 Å². The highest BCUT2D eigenvalue weighted by molar-refractivity contribution is 7.11. The maximum Gasteiger partial charge on any atom is 0.0900 e. The Morgan fingerprint density at radius 1 is 1.44 bits per heavy atom. The zero-order valence-corrected chi connectivity index (χ0v) is 11.7. The van der Waals surface area contributed by atoms with Crippen molar-refractivity contribution in [2.75, 3.05) is 6.54 Å². The molecule has 0 bridgehead atoms. The molecule has 0 amide bonds. The van der Waals surface area contributed by atoms with Gasteiger partial charge in [-0.3, -0.25) is 0 Å². The van der Waals surface area contributed by atoms with Crippen molar-refractivity contribution in [3.05, 3.63) is 15.6 Å². The molecule has 0 aromatic carbocycles. The molecule has 3 N–H and O–H groups in total. The van der Waals surface area contributed by atoms with E-state index in [1.54, 1.807) is 11.3 Å². The van der Waals surface area contributed by atoms with Gasteiger partial charge in [-0.15, -0.1) is 11.3 Å². The van der Waals surface area contributed by atoms with Crippen LogP contribution in [0.4, 0.5) is 0 Å². The average molecular weight is 241 g/mol. The summed E-state index contributed by atoms with van der Waals surface area (Å²) in [6.45, 7) is 11.4. The van der Waals surface area contributed by atoms with Crippen molar-refractivity contribution < 1.29 is 0 Å². The number of hydrogen-bond acceptors (Lipinski definition) is 4. The number of nitrogens with one attached hydrogen (secondary N) is 1. The van der Waals surface area contributed by atoms with Crippen molar-refractivity contribution in [2.24, 2.45) is 5.73 Å². The monoisotopic (exact) mass is 241 g/mol. The lowest BCUT2D eigenvalue weighted by molar-refractivity contribution is 0.438. The maximum absolute atomic E-state index is 5.94. The number of aromatic nitrogens is 1. The molecule has 0 aliphatic carbocycles. The average Bonchev–Trinajstić information content (AvgIpc) is 2.43. The van der Waals surface area contributed by atoms with E-state index in [1.165, 1.54) is 4.88 Å². The van der Waals surface area contributed by atoms with Crippen LogP contribution in [0.15, 0.2) is 0 Å². The topological polar surface area (TPSA) is 50.9 Å². The molecule has 4 heteroatoms. The Balaban J connectivity index is 2.47. The largest absolute Gasteiger partial charge is 0.326 e. The highest BCUT2D eigenvalue weighted by atomic mass is 32.1. The Hall–Kier alpha value is -0.450. The van der Waals surface area contributed by atoms with Gasteiger partial charge in [0, 0.05) is 16.5 Å². The summed E-state index contributed by atoms with van der Waals surface area (Å²) in [5.41, 5.74) is 7.00. The van der Waals surface area contributed by atoms with E-state index < -0.39 is 0 Å². The summed E-state index contributed by atoms with van der Waals surface area (Å²) in [6.07, 6.45) is 0.980. The molecule has 0 saturated carbocycles. The molecule has 0 spiro atoms. The lowest BCUT2D eigenvalue weighted by Gasteiger charge is -2.20. The van der Waals surface area contributed by atoms with Crippen molar-refractivity contribution in [1.29, 1.82) is 0 Å². The standard InChI is InChI=1S/C12H23N3S/c1-8(14-7-6-12(4,5)13)11-9(2)15-10(3)16-11/h8,14H,6-7,13H2,1-5H3. The number of thiazole rings is 1. The second-order valence-corrected chi connectivity index (χ2v) is 6.33. The van der Waals surface area contributed by atoms with Crippen molar-refractivity contribution in [2.45, 2.75) is 52.6 Å². The van der Waals surface area contributed by atoms with Crippen LogP contribution in [-0.2, 0) is 0 Å². The van der Waals surface area contributed by atoms with Crippen LogP contribution >= 0.6 is 11.3 Å². The summed E-state index contributed by atoms with van der Waals surface area (Å²) in [7, 11) is 0. The van der Waals surface area contributed by atoms with Gasteiger partial charge in [0.15, 0.2) is 0 Å². The third-order valence-electron chi connectivity index (χ3n) is 2.55. The number of rotatable bonds is 5. The predicted molar refractivity (Wildman–Crippen MR) is 70.9 cm³/mol. The van der Waals surface area contributed by atoms with Crippen molar-refractivity contribution >= 4 is 11.3 Å². The van der Waals surface area contributed by atoms with Crippen LogP contribution in [0.2, 0.25) is 0 Å². The van der Waals surface area contributed by atoms with Gasteiger partial charge in [0.05, 0.1) is 10.7 Å². The van der Waals surface area contributed by atoms with E-state index >= 15 is 0 Å². The lowest BCUT2D eigenvalue weighted by atomic mass is 10.0. The summed E-state index contributed by atoms with van der Waals surface area (Å²) in [5, 5.41) is 4.64. The second-order valence-electron chi connectivity index (χ2n) is 5.10. The SMILES string of the molecule is Cc1nc(C)c(C(C)NCCC(C)(C)N)s1. The summed E-state index contributed by atoms with van der Waals surface area (Å²) >= 11 is 1.78. The first-order chi connectivity index (χ1) is 7.29. The van der Waals surface area contributed by atoms with E-state index in [0.717, 1.165) is 23.7 Å². The molecule has 1 unspecified atom stereocenters. The molecular weight excluding hydrogens is 218 g/mol. The van der Waals surface area contributed by atoms with E-state index in [2.05, 4.69) is 44.9 Å². The molecule has 1 heterocycles. The van der Waals surface area contributed by atoms with Gasteiger partial charge in [-0.25, -0.2) is 4.98 Å². The Labute approximate surface area is 102 Å². The van der Waals surface area contributed by atoms with Crippen LogP contribution in [0.1, 0.15) is 48.8 Å². The van der Waals surface area contributed by atoms with Crippen molar-refractivity contribution in [3.8, 4) is 0 Å². The number of hydrogen-bond donors (Lipinski definition) is 2. The molecule has 1 aromatic heterocycles. The van der Waals surface area contributed by atoms with E-state index in [9.17, 15) is 0 Å².